The highest BCUT2D eigenvalue weighted by Crippen LogP contribution is 2.33. The molecule has 4 rings (SSSR count). The summed E-state index contributed by atoms with van der Waals surface area (Å²) in [6, 6.07) is 23.1. The van der Waals surface area contributed by atoms with Gasteiger partial charge in [0, 0.05) is 17.7 Å². The SMILES string of the molecule is COc1ccc(-c2cc(C(=O)NC(C)CCc3ccccc3)n(-c3ccc(F)cc3)n2)c(OC)c1. The summed E-state index contributed by atoms with van der Waals surface area (Å²) in [5.74, 6) is 0.588. The molecule has 0 bridgehead atoms. The molecule has 0 aliphatic carbocycles. The highest BCUT2D eigenvalue weighted by molar-refractivity contribution is 5.94. The van der Waals surface area contributed by atoms with E-state index in [1.165, 1.54) is 22.4 Å². The number of hydrogen-bond acceptors (Lipinski definition) is 4. The molecule has 0 saturated carbocycles. The second kappa shape index (κ2) is 10.9. The standard InChI is InChI=1S/C28H28FN3O3/c1-19(9-10-20-7-5-4-6-8-20)30-28(33)26-18-25(24-16-15-23(34-2)17-27(24)35-3)31-32(26)22-13-11-21(29)12-14-22/h4-8,11-19H,9-10H2,1-3H3,(H,30,33). The maximum Gasteiger partial charge on any atom is 0.270 e. The van der Waals surface area contributed by atoms with E-state index in [-0.39, 0.29) is 17.8 Å². The third-order valence-corrected chi connectivity index (χ3v) is 5.78. The lowest BCUT2D eigenvalue weighted by molar-refractivity contribution is 0.0930. The number of nitrogens with one attached hydrogen (secondary N) is 1. The first-order chi connectivity index (χ1) is 17.0. The molecule has 180 valence electrons. The van der Waals surface area contributed by atoms with Crippen molar-refractivity contribution in [3.63, 3.8) is 0 Å². The monoisotopic (exact) mass is 473 g/mol. The van der Waals surface area contributed by atoms with Gasteiger partial charge in [-0.25, -0.2) is 9.07 Å². The van der Waals surface area contributed by atoms with Crippen LogP contribution in [0.25, 0.3) is 16.9 Å². The van der Waals surface area contributed by atoms with Gasteiger partial charge in [-0.3, -0.25) is 4.79 Å². The van der Waals surface area contributed by atoms with Crippen LogP contribution in [0.1, 0.15) is 29.4 Å². The van der Waals surface area contributed by atoms with Gasteiger partial charge in [0.2, 0.25) is 0 Å². The molecule has 0 aliphatic heterocycles. The number of hydrogen-bond donors (Lipinski definition) is 1. The number of aromatic nitrogens is 2. The molecule has 6 nitrogen and oxygen atoms in total. The topological polar surface area (TPSA) is 65.4 Å². The van der Waals surface area contributed by atoms with Gasteiger partial charge >= 0.3 is 0 Å². The second-order valence-corrected chi connectivity index (χ2v) is 8.27. The zero-order valence-corrected chi connectivity index (χ0v) is 20.0. The van der Waals surface area contributed by atoms with Crippen LogP contribution < -0.4 is 14.8 Å². The van der Waals surface area contributed by atoms with Crippen molar-refractivity contribution in [1.29, 1.82) is 0 Å². The van der Waals surface area contributed by atoms with E-state index >= 15 is 0 Å². The van der Waals surface area contributed by atoms with Crippen molar-refractivity contribution in [2.75, 3.05) is 14.2 Å². The second-order valence-electron chi connectivity index (χ2n) is 8.27. The number of methoxy groups -OCH3 is 2. The first-order valence-electron chi connectivity index (χ1n) is 11.4. The van der Waals surface area contributed by atoms with Gasteiger partial charge in [0.25, 0.3) is 5.91 Å². The van der Waals surface area contributed by atoms with Crippen LogP contribution in [0.3, 0.4) is 0 Å². The molecule has 1 atom stereocenters. The van der Waals surface area contributed by atoms with Gasteiger partial charge in [-0.1, -0.05) is 30.3 Å². The van der Waals surface area contributed by atoms with E-state index in [4.69, 9.17) is 9.47 Å². The van der Waals surface area contributed by atoms with E-state index in [1.54, 1.807) is 44.6 Å². The van der Waals surface area contributed by atoms with Crippen LogP contribution in [-0.4, -0.2) is 35.9 Å². The summed E-state index contributed by atoms with van der Waals surface area (Å²) in [6.07, 6.45) is 1.65. The average molecular weight is 474 g/mol. The Morgan fingerprint density at radius 2 is 1.74 bits per heavy atom. The predicted molar refractivity (Wildman–Crippen MR) is 134 cm³/mol. The fourth-order valence-electron chi connectivity index (χ4n) is 3.86. The van der Waals surface area contributed by atoms with E-state index < -0.39 is 0 Å². The Morgan fingerprint density at radius 1 is 1.00 bits per heavy atom. The normalized spacial score (nSPS) is 11.7. The summed E-state index contributed by atoms with van der Waals surface area (Å²) in [5, 5.41) is 7.75. The fraction of sp³-hybridized carbons (Fsp3) is 0.214. The van der Waals surface area contributed by atoms with E-state index in [0.717, 1.165) is 12.8 Å². The smallest absolute Gasteiger partial charge is 0.270 e. The van der Waals surface area contributed by atoms with Crippen LogP contribution in [0.5, 0.6) is 11.5 Å². The molecule has 0 spiro atoms. The molecule has 3 aromatic carbocycles. The Morgan fingerprint density at radius 3 is 2.43 bits per heavy atom. The minimum Gasteiger partial charge on any atom is -0.497 e. The van der Waals surface area contributed by atoms with Crippen LogP contribution in [0.15, 0.2) is 78.9 Å². The summed E-state index contributed by atoms with van der Waals surface area (Å²) >= 11 is 0. The van der Waals surface area contributed by atoms with Gasteiger partial charge in [-0.05, 0) is 67.8 Å². The third-order valence-electron chi connectivity index (χ3n) is 5.78. The number of ether oxygens (including phenoxy) is 2. The third kappa shape index (κ3) is 5.69. The Bertz CT molecular complexity index is 1290. The lowest BCUT2D eigenvalue weighted by Gasteiger charge is -2.14. The zero-order chi connectivity index (χ0) is 24.8. The van der Waals surface area contributed by atoms with Crippen molar-refractivity contribution in [3.8, 4) is 28.4 Å². The summed E-state index contributed by atoms with van der Waals surface area (Å²) in [5.41, 5.74) is 3.40. The Labute approximate surface area is 204 Å². The van der Waals surface area contributed by atoms with Crippen molar-refractivity contribution in [3.05, 3.63) is 95.9 Å². The molecule has 1 unspecified atom stereocenters. The molecule has 35 heavy (non-hydrogen) atoms. The van der Waals surface area contributed by atoms with Crippen molar-refractivity contribution >= 4 is 5.91 Å². The van der Waals surface area contributed by atoms with Crippen LogP contribution in [0, 0.1) is 5.82 Å². The van der Waals surface area contributed by atoms with Crippen LogP contribution in [-0.2, 0) is 6.42 Å². The Hall–Kier alpha value is -4.13. The molecule has 0 radical (unpaired) electrons. The van der Waals surface area contributed by atoms with Crippen molar-refractivity contribution in [2.45, 2.75) is 25.8 Å². The van der Waals surface area contributed by atoms with Gasteiger partial charge in [0.05, 0.1) is 25.6 Å². The predicted octanol–water partition coefficient (Wildman–Crippen LogP) is 5.45. The number of amides is 1. The number of benzene rings is 3. The molecule has 1 amide bonds. The minimum absolute atomic E-state index is 0.0572. The number of halogens is 1. The molecule has 4 aromatic rings. The van der Waals surface area contributed by atoms with Crippen LogP contribution in [0.4, 0.5) is 4.39 Å². The summed E-state index contributed by atoms with van der Waals surface area (Å²) < 4.78 is 25.9. The number of rotatable bonds is 9. The largest absolute Gasteiger partial charge is 0.497 e. The van der Waals surface area contributed by atoms with Gasteiger partial charge in [-0.15, -0.1) is 0 Å². The molecule has 7 heteroatoms. The van der Waals surface area contributed by atoms with Crippen LogP contribution >= 0.6 is 0 Å². The van der Waals surface area contributed by atoms with Crippen molar-refractivity contribution in [2.24, 2.45) is 0 Å². The van der Waals surface area contributed by atoms with E-state index in [1.807, 2.05) is 31.2 Å². The molecular weight excluding hydrogens is 445 g/mol. The van der Waals surface area contributed by atoms with E-state index in [2.05, 4.69) is 22.5 Å². The molecule has 0 aliphatic rings. The Kier molecular flexibility index (Phi) is 7.45. The zero-order valence-electron chi connectivity index (χ0n) is 20.0. The molecule has 0 saturated heterocycles. The Balaban J connectivity index is 1.64. The van der Waals surface area contributed by atoms with Gasteiger partial charge in [-0.2, -0.15) is 5.10 Å². The highest BCUT2D eigenvalue weighted by Gasteiger charge is 2.21. The van der Waals surface area contributed by atoms with Gasteiger partial charge < -0.3 is 14.8 Å². The quantitative estimate of drug-likeness (QED) is 0.351. The molecule has 1 N–H and O–H groups in total. The number of carbonyl (C=O) groups excluding carboxylic acids is 1. The summed E-state index contributed by atoms with van der Waals surface area (Å²) in [6.45, 7) is 1.98. The lowest BCUT2D eigenvalue weighted by atomic mass is 10.1. The number of carbonyl (C=O) groups is 1. The van der Waals surface area contributed by atoms with E-state index in [0.29, 0.717) is 34.1 Å². The average Bonchev–Trinajstić information content (AvgIpc) is 3.33. The van der Waals surface area contributed by atoms with Gasteiger partial charge in [0.15, 0.2) is 0 Å². The van der Waals surface area contributed by atoms with E-state index in [9.17, 15) is 9.18 Å². The molecule has 1 heterocycles. The fourth-order valence-corrected chi connectivity index (χ4v) is 3.86. The van der Waals surface area contributed by atoms with Crippen LogP contribution in [0.2, 0.25) is 0 Å². The molecular formula is C28H28FN3O3. The molecule has 0 fully saturated rings. The minimum atomic E-state index is -0.363. The maximum absolute atomic E-state index is 13.6. The lowest BCUT2D eigenvalue weighted by Crippen LogP contribution is -2.34. The van der Waals surface area contributed by atoms with Crippen molar-refractivity contribution in [1.82, 2.24) is 15.1 Å². The van der Waals surface area contributed by atoms with Crippen molar-refractivity contribution < 1.29 is 18.7 Å². The highest BCUT2D eigenvalue weighted by atomic mass is 19.1. The summed E-state index contributed by atoms with van der Waals surface area (Å²) in [4.78, 5) is 13.3. The number of nitrogens with zero attached hydrogens (tertiary/aromatic N) is 2. The molecule has 1 aromatic heterocycles. The first kappa shape index (κ1) is 24.0. The van der Waals surface area contributed by atoms with Gasteiger partial charge in [0.1, 0.15) is 23.0 Å². The number of aryl methyl sites for hydroxylation is 1. The summed E-state index contributed by atoms with van der Waals surface area (Å²) in [7, 11) is 3.15. The first-order valence-corrected chi connectivity index (χ1v) is 11.4. The maximum atomic E-state index is 13.6.